The lowest BCUT2D eigenvalue weighted by molar-refractivity contribution is -0.00521. The van der Waals surface area contributed by atoms with Crippen LogP contribution in [-0.2, 0) is 9.47 Å². The topological polar surface area (TPSA) is 34.1 Å². The number of ether oxygens (including phenoxy) is 2. The third-order valence-electron chi connectivity index (χ3n) is 6.61. The molecule has 0 saturated carbocycles. The molecule has 1 fully saturated rings. The Kier molecular flexibility index (Phi) is 6.43. The summed E-state index contributed by atoms with van der Waals surface area (Å²) in [5.74, 6) is -0.445. The molecule has 0 bridgehead atoms. The standard InChI is InChI=1S/C28H28ClFN2O2/c1-17-15-32(16-18(2)34-17)21-10-7-19(8-11-21)24-14-31-27-22(5-4-6-23(27)28(24)33-3)20-9-12-26(30)25(29)13-20/h4-14,17-18,24,28H,15-16H2,1-3H3/t17-,18+,24?,28?. The molecule has 2 unspecified atom stereocenters. The van der Waals surface area contributed by atoms with Crippen molar-refractivity contribution < 1.29 is 13.9 Å². The number of fused-ring (bicyclic) bond motifs is 1. The van der Waals surface area contributed by atoms with Gasteiger partial charge in [0.2, 0.25) is 0 Å². The highest BCUT2D eigenvalue weighted by Crippen LogP contribution is 2.46. The zero-order chi connectivity index (χ0) is 23.8. The van der Waals surface area contributed by atoms with Gasteiger partial charge in [0.25, 0.3) is 0 Å². The number of benzene rings is 3. The van der Waals surface area contributed by atoms with E-state index in [1.165, 1.54) is 11.8 Å². The van der Waals surface area contributed by atoms with Gasteiger partial charge in [0, 0.05) is 49.1 Å². The van der Waals surface area contributed by atoms with E-state index in [1.807, 2.05) is 24.4 Å². The fraction of sp³-hybridized carbons (Fsp3) is 0.321. The van der Waals surface area contributed by atoms with Gasteiger partial charge in [-0.3, -0.25) is 4.99 Å². The van der Waals surface area contributed by atoms with Gasteiger partial charge in [0.15, 0.2) is 0 Å². The van der Waals surface area contributed by atoms with Crippen molar-refractivity contribution in [2.75, 3.05) is 25.1 Å². The Bertz CT molecular complexity index is 1200. The third kappa shape index (κ3) is 4.36. The van der Waals surface area contributed by atoms with Crippen LogP contribution in [-0.4, -0.2) is 38.6 Å². The summed E-state index contributed by atoms with van der Waals surface area (Å²) in [4.78, 5) is 7.22. The molecule has 176 valence electrons. The van der Waals surface area contributed by atoms with E-state index >= 15 is 0 Å². The number of hydrogen-bond donors (Lipinski definition) is 0. The summed E-state index contributed by atoms with van der Waals surface area (Å²) in [5.41, 5.74) is 5.92. The Morgan fingerprint density at radius 2 is 1.76 bits per heavy atom. The van der Waals surface area contributed by atoms with E-state index in [1.54, 1.807) is 19.2 Å². The molecule has 0 N–H and O–H groups in total. The van der Waals surface area contributed by atoms with E-state index in [-0.39, 0.29) is 29.3 Å². The smallest absolute Gasteiger partial charge is 0.141 e. The number of para-hydroxylation sites is 1. The molecule has 6 heteroatoms. The highest BCUT2D eigenvalue weighted by Gasteiger charge is 2.30. The van der Waals surface area contributed by atoms with Crippen LogP contribution in [0.15, 0.2) is 65.7 Å². The van der Waals surface area contributed by atoms with Crippen LogP contribution in [0.3, 0.4) is 0 Å². The maximum Gasteiger partial charge on any atom is 0.141 e. The minimum absolute atomic E-state index is 0.0128. The molecule has 0 aliphatic carbocycles. The normalized spacial score (nSPS) is 24.2. The Morgan fingerprint density at radius 1 is 1.03 bits per heavy atom. The molecule has 5 rings (SSSR count). The number of aliphatic imine (C=N–C) groups is 1. The minimum atomic E-state index is -0.432. The molecule has 34 heavy (non-hydrogen) atoms. The van der Waals surface area contributed by atoms with Crippen molar-refractivity contribution in [2.45, 2.75) is 38.1 Å². The second kappa shape index (κ2) is 9.49. The van der Waals surface area contributed by atoms with Crippen LogP contribution in [0.4, 0.5) is 15.8 Å². The number of morpholine rings is 1. The second-order valence-corrected chi connectivity index (χ2v) is 9.49. The van der Waals surface area contributed by atoms with Crippen molar-refractivity contribution in [1.29, 1.82) is 0 Å². The number of anilines is 1. The summed E-state index contributed by atoms with van der Waals surface area (Å²) in [6.07, 6.45) is 2.21. The van der Waals surface area contributed by atoms with Gasteiger partial charge >= 0.3 is 0 Å². The van der Waals surface area contributed by atoms with Gasteiger partial charge in [-0.2, -0.15) is 0 Å². The Labute approximate surface area is 205 Å². The highest BCUT2D eigenvalue weighted by molar-refractivity contribution is 6.31. The van der Waals surface area contributed by atoms with Gasteiger partial charge in [-0.1, -0.05) is 48.0 Å². The highest BCUT2D eigenvalue weighted by atomic mass is 35.5. The number of nitrogens with zero attached hydrogens (tertiary/aromatic N) is 2. The molecule has 3 aromatic rings. The number of methoxy groups -OCH3 is 1. The first-order valence-corrected chi connectivity index (χ1v) is 12.0. The molecular formula is C28H28ClFN2O2. The van der Waals surface area contributed by atoms with Crippen molar-refractivity contribution >= 4 is 29.2 Å². The molecule has 1 saturated heterocycles. The lowest BCUT2D eigenvalue weighted by Gasteiger charge is -2.37. The first-order chi connectivity index (χ1) is 16.4. The van der Waals surface area contributed by atoms with Gasteiger partial charge in [-0.05, 0) is 49.2 Å². The van der Waals surface area contributed by atoms with Crippen LogP contribution in [0.1, 0.15) is 37.0 Å². The summed E-state index contributed by atoms with van der Waals surface area (Å²) >= 11 is 6.04. The number of hydrogen-bond acceptors (Lipinski definition) is 4. The van der Waals surface area contributed by atoms with Gasteiger partial charge in [0.1, 0.15) is 5.82 Å². The van der Waals surface area contributed by atoms with Gasteiger partial charge in [-0.15, -0.1) is 0 Å². The molecule has 4 atom stereocenters. The SMILES string of the molecule is COC1c2cccc(-c3ccc(F)c(Cl)c3)c2N=CC1c1ccc(N2C[C@@H](C)O[C@@H](C)C2)cc1. The molecule has 2 aliphatic heterocycles. The molecule has 2 heterocycles. The van der Waals surface area contributed by atoms with Crippen LogP contribution >= 0.6 is 11.6 Å². The van der Waals surface area contributed by atoms with Crippen LogP contribution in [0.25, 0.3) is 11.1 Å². The zero-order valence-electron chi connectivity index (χ0n) is 19.5. The predicted octanol–water partition coefficient (Wildman–Crippen LogP) is 6.95. The fourth-order valence-corrected chi connectivity index (χ4v) is 5.27. The molecule has 0 aromatic heterocycles. The minimum Gasteiger partial charge on any atom is -0.376 e. The Balaban J connectivity index is 1.45. The predicted molar refractivity (Wildman–Crippen MR) is 136 cm³/mol. The summed E-state index contributed by atoms with van der Waals surface area (Å²) < 4.78 is 25.6. The molecule has 2 aliphatic rings. The first kappa shape index (κ1) is 23.0. The molecule has 4 nitrogen and oxygen atoms in total. The zero-order valence-corrected chi connectivity index (χ0v) is 20.3. The summed E-state index contributed by atoms with van der Waals surface area (Å²) in [6.45, 7) is 6.01. The van der Waals surface area contributed by atoms with Gasteiger partial charge in [-0.25, -0.2) is 4.39 Å². The van der Waals surface area contributed by atoms with E-state index in [0.29, 0.717) is 0 Å². The second-order valence-electron chi connectivity index (χ2n) is 9.09. The third-order valence-corrected chi connectivity index (χ3v) is 6.90. The van der Waals surface area contributed by atoms with Crippen LogP contribution in [0, 0.1) is 5.82 Å². The lowest BCUT2D eigenvalue weighted by atomic mass is 9.85. The summed E-state index contributed by atoms with van der Waals surface area (Å²) in [5, 5.41) is 0.0974. The van der Waals surface area contributed by atoms with Gasteiger partial charge < -0.3 is 14.4 Å². The van der Waals surface area contributed by atoms with Gasteiger partial charge in [0.05, 0.1) is 29.0 Å². The Morgan fingerprint density at radius 3 is 2.44 bits per heavy atom. The van der Waals surface area contributed by atoms with Crippen molar-refractivity contribution in [1.82, 2.24) is 0 Å². The average Bonchev–Trinajstić information content (AvgIpc) is 2.84. The van der Waals surface area contributed by atoms with Crippen molar-refractivity contribution in [2.24, 2.45) is 4.99 Å². The molecular weight excluding hydrogens is 451 g/mol. The fourth-order valence-electron chi connectivity index (χ4n) is 5.09. The van der Waals surface area contributed by atoms with Crippen LogP contribution < -0.4 is 4.90 Å². The largest absolute Gasteiger partial charge is 0.376 e. The van der Waals surface area contributed by atoms with E-state index in [9.17, 15) is 4.39 Å². The maximum absolute atomic E-state index is 13.7. The van der Waals surface area contributed by atoms with E-state index < -0.39 is 5.82 Å². The maximum atomic E-state index is 13.7. The molecule has 0 amide bonds. The Hall–Kier alpha value is -2.73. The van der Waals surface area contributed by atoms with E-state index in [0.717, 1.165) is 41.0 Å². The summed E-state index contributed by atoms with van der Waals surface area (Å²) in [7, 11) is 1.73. The lowest BCUT2D eigenvalue weighted by Crippen LogP contribution is -2.45. The molecule has 3 aromatic carbocycles. The number of rotatable bonds is 4. The van der Waals surface area contributed by atoms with E-state index in [4.69, 9.17) is 26.1 Å². The molecule has 0 spiro atoms. The quantitative estimate of drug-likeness (QED) is 0.407. The van der Waals surface area contributed by atoms with E-state index in [2.05, 4.69) is 43.0 Å². The molecule has 0 radical (unpaired) electrons. The van der Waals surface area contributed by atoms with Crippen LogP contribution in [0.5, 0.6) is 0 Å². The first-order valence-electron chi connectivity index (χ1n) is 11.6. The van der Waals surface area contributed by atoms with Crippen LogP contribution in [0.2, 0.25) is 5.02 Å². The van der Waals surface area contributed by atoms with Crippen molar-refractivity contribution in [3.8, 4) is 11.1 Å². The van der Waals surface area contributed by atoms with Crippen molar-refractivity contribution in [3.63, 3.8) is 0 Å². The number of halogens is 2. The average molecular weight is 479 g/mol. The monoisotopic (exact) mass is 478 g/mol. The summed E-state index contributed by atoms with van der Waals surface area (Å²) in [6, 6.07) is 19.4. The van der Waals surface area contributed by atoms with Crippen molar-refractivity contribution in [3.05, 3.63) is 82.6 Å².